The summed E-state index contributed by atoms with van der Waals surface area (Å²) in [7, 11) is 0. The van der Waals surface area contributed by atoms with Crippen molar-refractivity contribution in [2.24, 2.45) is 5.92 Å². The summed E-state index contributed by atoms with van der Waals surface area (Å²) in [6.45, 7) is 2.80. The maximum Gasteiger partial charge on any atom is 0.0823 e. The number of hydrogen-bond donors (Lipinski definition) is 1. The molecular weight excluding hydrogens is 292 g/mol. The van der Waals surface area contributed by atoms with Crippen molar-refractivity contribution in [2.45, 2.75) is 37.9 Å². The molecule has 20 heavy (non-hydrogen) atoms. The Labute approximate surface area is 129 Å². The van der Waals surface area contributed by atoms with Crippen LogP contribution >= 0.6 is 23.4 Å². The van der Waals surface area contributed by atoms with E-state index in [0.29, 0.717) is 5.02 Å². The van der Waals surface area contributed by atoms with E-state index in [2.05, 4.69) is 0 Å². The number of rotatable bonds is 2. The van der Waals surface area contributed by atoms with Crippen LogP contribution in [-0.2, 0) is 4.74 Å². The Morgan fingerprint density at radius 1 is 1.50 bits per heavy atom. The van der Waals surface area contributed by atoms with Gasteiger partial charge in [0.15, 0.2) is 0 Å². The van der Waals surface area contributed by atoms with E-state index in [9.17, 15) is 5.11 Å². The van der Waals surface area contributed by atoms with Crippen molar-refractivity contribution in [3.8, 4) is 0 Å². The highest BCUT2D eigenvalue weighted by molar-refractivity contribution is 7.99. The Kier molecular flexibility index (Phi) is 4.32. The molecule has 0 bridgehead atoms. The molecule has 3 atom stereocenters. The standard InChI is InChI=1S/C16H21ClO2S/c1-11-2-3-13(17)8-14(11)15(18)12-4-6-19-16(9-12)5-7-20-10-16/h2-3,8,12,15,18H,4-7,9-10H2,1H3. The van der Waals surface area contributed by atoms with Crippen LogP contribution in [0, 0.1) is 12.8 Å². The number of thioether (sulfide) groups is 1. The highest BCUT2D eigenvalue weighted by atomic mass is 35.5. The summed E-state index contributed by atoms with van der Waals surface area (Å²) < 4.78 is 6.04. The molecule has 3 unspecified atom stereocenters. The van der Waals surface area contributed by atoms with Crippen LogP contribution in [0.1, 0.15) is 36.5 Å². The molecule has 110 valence electrons. The first kappa shape index (κ1) is 14.7. The van der Waals surface area contributed by atoms with E-state index < -0.39 is 6.10 Å². The van der Waals surface area contributed by atoms with Gasteiger partial charge in [0.05, 0.1) is 11.7 Å². The van der Waals surface area contributed by atoms with Crippen LogP contribution in [-0.4, -0.2) is 28.8 Å². The van der Waals surface area contributed by atoms with Crippen molar-refractivity contribution in [3.63, 3.8) is 0 Å². The van der Waals surface area contributed by atoms with Crippen LogP contribution in [0.4, 0.5) is 0 Å². The number of benzene rings is 1. The number of aliphatic hydroxyl groups excluding tert-OH is 1. The first-order valence-electron chi connectivity index (χ1n) is 7.25. The van der Waals surface area contributed by atoms with E-state index in [4.69, 9.17) is 16.3 Å². The summed E-state index contributed by atoms with van der Waals surface area (Å²) in [6, 6.07) is 5.78. The van der Waals surface area contributed by atoms with Gasteiger partial charge < -0.3 is 9.84 Å². The molecule has 2 aliphatic heterocycles. The third-order valence-electron chi connectivity index (χ3n) is 4.60. The summed E-state index contributed by atoms with van der Waals surface area (Å²) in [4.78, 5) is 0. The molecule has 2 nitrogen and oxygen atoms in total. The smallest absolute Gasteiger partial charge is 0.0823 e. The van der Waals surface area contributed by atoms with Gasteiger partial charge in [-0.25, -0.2) is 0 Å². The lowest BCUT2D eigenvalue weighted by atomic mass is 9.79. The lowest BCUT2D eigenvalue weighted by Gasteiger charge is -2.39. The zero-order valence-electron chi connectivity index (χ0n) is 11.8. The van der Waals surface area contributed by atoms with Gasteiger partial charge in [-0.05, 0) is 61.1 Å². The molecule has 2 heterocycles. The molecule has 2 saturated heterocycles. The Balaban J connectivity index is 1.79. The predicted octanol–water partition coefficient (Wildman–Crippen LogP) is 3.98. The van der Waals surface area contributed by atoms with Crippen LogP contribution in [0.15, 0.2) is 18.2 Å². The van der Waals surface area contributed by atoms with Crippen LogP contribution in [0.25, 0.3) is 0 Å². The van der Waals surface area contributed by atoms with Gasteiger partial charge in [0, 0.05) is 17.4 Å². The number of halogens is 1. The van der Waals surface area contributed by atoms with Crippen molar-refractivity contribution < 1.29 is 9.84 Å². The van der Waals surface area contributed by atoms with Crippen LogP contribution < -0.4 is 0 Å². The molecule has 0 radical (unpaired) electrons. The third-order valence-corrected chi connectivity index (χ3v) is 6.06. The third kappa shape index (κ3) is 2.87. The maximum absolute atomic E-state index is 10.8. The summed E-state index contributed by atoms with van der Waals surface area (Å²) in [5, 5.41) is 11.5. The van der Waals surface area contributed by atoms with Crippen molar-refractivity contribution in [3.05, 3.63) is 34.3 Å². The predicted molar refractivity (Wildman–Crippen MR) is 84.5 cm³/mol. The number of aliphatic hydroxyl groups is 1. The molecule has 3 rings (SSSR count). The zero-order chi connectivity index (χ0) is 14.2. The Bertz CT molecular complexity index is 485. The van der Waals surface area contributed by atoms with Gasteiger partial charge in [0.25, 0.3) is 0 Å². The molecule has 1 N–H and O–H groups in total. The molecular formula is C16H21ClO2S. The monoisotopic (exact) mass is 312 g/mol. The molecule has 4 heteroatoms. The van der Waals surface area contributed by atoms with E-state index >= 15 is 0 Å². The zero-order valence-corrected chi connectivity index (χ0v) is 13.3. The molecule has 1 aromatic carbocycles. The highest BCUT2D eigenvalue weighted by Gasteiger charge is 2.42. The summed E-state index contributed by atoms with van der Waals surface area (Å²) in [6.07, 6.45) is 2.59. The SMILES string of the molecule is Cc1ccc(Cl)cc1C(O)C1CCOC2(CCSC2)C1. The Hall–Kier alpha value is -0.220. The Morgan fingerprint density at radius 2 is 2.35 bits per heavy atom. The second-order valence-electron chi connectivity index (χ2n) is 6.03. The topological polar surface area (TPSA) is 29.5 Å². The lowest BCUT2D eigenvalue weighted by Crippen LogP contribution is -2.41. The van der Waals surface area contributed by atoms with Gasteiger partial charge in [0.1, 0.15) is 0 Å². The van der Waals surface area contributed by atoms with Crippen LogP contribution in [0.3, 0.4) is 0 Å². The first-order chi connectivity index (χ1) is 9.60. The second kappa shape index (κ2) is 5.88. The van der Waals surface area contributed by atoms with E-state index in [1.807, 2.05) is 36.9 Å². The van der Waals surface area contributed by atoms with Crippen molar-refractivity contribution in [1.82, 2.24) is 0 Å². The molecule has 2 fully saturated rings. The fraction of sp³-hybridized carbons (Fsp3) is 0.625. The largest absolute Gasteiger partial charge is 0.388 e. The summed E-state index contributed by atoms with van der Waals surface area (Å²) in [5.41, 5.74) is 2.11. The fourth-order valence-corrected chi connectivity index (χ4v) is 4.94. The summed E-state index contributed by atoms with van der Waals surface area (Å²) >= 11 is 8.05. The molecule has 0 amide bonds. The van der Waals surface area contributed by atoms with E-state index in [0.717, 1.165) is 42.7 Å². The van der Waals surface area contributed by atoms with Gasteiger partial charge in [-0.3, -0.25) is 0 Å². The molecule has 1 aromatic rings. The molecule has 1 spiro atoms. The number of hydrogen-bond acceptors (Lipinski definition) is 3. The maximum atomic E-state index is 10.8. The molecule has 0 saturated carbocycles. The minimum Gasteiger partial charge on any atom is -0.388 e. The second-order valence-corrected chi connectivity index (χ2v) is 7.57. The quantitative estimate of drug-likeness (QED) is 0.895. The van der Waals surface area contributed by atoms with Gasteiger partial charge in [-0.1, -0.05) is 17.7 Å². The van der Waals surface area contributed by atoms with Gasteiger partial charge in [-0.15, -0.1) is 0 Å². The number of aryl methyl sites for hydroxylation is 1. The van der Waals surface area contributed by atoms with Gasteiger partial charge >= 0.3 is 0 Å². The average Bonchev–Trinajstić information content (AvgIpc) is 2.88. The van der Waals surface area contributed by atoms with Gasteiger partial charge in [0.2, 0.25) is 0 Å². The highest BCUT2D eigenvalue weighted by Crippen LogP contribution is 2.44. The van der Waals surface area contributed by atoms with E-state index in [-0.39, 0.29) is 11.5 Å². The minimum atomic E-state index is -0.430. The normalized spacial score (nSPS) is 31.6. The molecule has 0 aliphatic carbocycles. The van der Waals surface area contributed by atoms with Crippen molar-refractivity contribution >= 4 is 23.4 Å². The molecule has 2 aliphatic rings. The summed E-state index contributed by atoms with van der Waals surface area (Å²) in [5.74, 6) is 2.53. The van der Waals surface area contributed by atoms with E-state index in [1.54, 1.807) is 0 Å². The van der Waals surface area contributed by atoms with Crippen molar-refractivity contribution in [2.75, 3.05) is 18.1 Å². The average molecular weight is 313 g/mol. The van der Waals surface area contributed by atoms with E-state index in [1.165, 1.54) is 5.75 Å². The molecule has 0 aromatic heterocycles. The van der Waals surface area contributed by atoms with Crippen molar-refractivity contribution in [1.29, 1.82) is 0 Å². The number of ether oxygens (including phenoxy) is 1. The van der Waals surface area contributed by atoms with Crippen LogP contribution in [0.5, 0.6) is 0 Å². The minimum absolute atomic E-state index is 0.0149. The van der Waals surface area contributed by atoms with Gasteiger partial charge in [-0.2, -0.15) is 11.8 Å². The Morgan fingerprint density at radius 3 is 3.10 bits per heavy atom. The fourth-order valence-electron chi connectivity index (χ4n) is 3.38. The first-order valence-corrected chi connectivity index (χ1v) is 8.79. The van der Waals surface area contributed by atoms with Crippen LogP contribution in [0.2, 0.25) is 5.02 Å². The lowest BCUT2D eigenvalue weighted by molar-refractivity contribution is -0.102.